The van der Waals surface area contributed by atoms with Crippen LogP contribution in [0.15, 0.2) is 30.3 Å². The average Bonchev–Trinajstić information content (AvgIpc) is 3.14. The van der Waals surface area contributed by atoms with Crippen molar-refractivity contribution in [3.63, 3.8) is 0 Å². The summed E-state index contributed by atoms with van der Waals surface area (Å²) >= 11 is 0. The third-order valence-electron chi connectivity index (χ3n) is 5.24. The number of esters is 1. The van der Waals surface area contributed by atoms with E-state index in [0.717, 1.165) is 5.56 Å². The second-order valence-electron chi connectivity index (χ2n) is 8.45. The van der Waals surface area contributed by atoms with Crippen molar-refractivity contribution in [1.29, 1.82) is 0 Å². The number of carbonyl (C=O) groups excluding carboxylic acids is 3. The van der Waals surface area contributed by atoms with Crippen molar-refractivity contribution in [2.24, 2.45) is 0 Å². The van der Waals surface area contributed by atoms with E-state index in [1.165, 1.54) is 12.0 Å². The fourth-order valence-electron chi connectivity index (χ4n) is 3.83. The molecule has 7 nitrogen and oxygen atoms in total. The maximum atomic E-state index is 13.0. The van der Waals surface area contributed by atoms with Gasteiger partial charge < -0.3 is 14.8 Å². The summed E-state index contributed by atoms with van der Waals surface area (Å²) in [6, 6.07) is 8.93. The van der Waals surface area contributed by atoms with Crippen LogP contribution in [0.2, 0.25) is 0 Å². The summed E-state index contributed by atoms with van der Waals surface area (Å²) in [5, 5.41) is 2.89. The molecule has 0 unspecified atom stereocenters. The van der Waals surface area contributed by atoms with Gasteiger partial charge in [-0.15, -0.1) is 0 Å². The predicted octanol–water partition coefficient (Wildman–Crippen LogP) is 2.60. The molecule has 1 aromatic rings. The van der Waals surface area contributed by atoms with Crippen LogP contribution in [0.1, 0.15) is 51.5 Å². The second kappa shape index (κ2) is 7.45. The van der Waals surface area contributed by atoms with Crippen molar-refractivity contribution in [2.75, 3.05) is 13.7 Å². The molecule has 1 aliphatic carbocycles. The van der Waals surface area contributed by atoms with E-state index in [1.54, 1.807) is 20.8 Å². The Morgan fingerprint density at radius 3 is 2.46 bits per heavy atom. The molecule has 0 bridgehead atoms. The van der Waals surface area contributed by atoms with Crippen molar-refractivity contribution in [3.05, 3.63) is 35.9 Å². The normalized spacial score (nSPS) is 26.5. The molecular weight excluding hydrogens is 360 g/mol. The molecule has 1 aliphatic heterocycles. The molecule has 1 saturated heterocycles. The van der Waals surface area contributed by atoms with Gasteiger partial charge in [-0.1, -0.05) is 30.3 Å². The zero-order valence-electron chi connectivity index (χ0n) is 16.9. The highest BCUT2D eigenvalue weighted by Gasteiger charge is 2.63. The van der Waals surface area contributed by atoms with Gasteiger partial charge in [-0.25, -0.2) is 9.59 Å². The Morgan fingerprint density at radius 2 is 1.86 bits per heavy atom. The van der Waals surface area contributed by atoms with Crippen LogP contribution in [0.25, 0.3) is 0 Å². The topological polar surface area (TPSA) is 84.9 Å². The average molecular weight is 388 g/mol. The largest absolute Gasteiger partial charge is 0.467 e. The number of ether oxygens (including phenoxy) is 2. The van der Waals surface area contributed by atoms with Gasteiger partial charge in [0.1, 0.15) is 17.2 Å². The van der Waals surface area contributed by atoms with Crippen molar-refractivity contribution in [2.45, 2.75) is 63.1 Å². The maximum Gasteiger partial charge on any atom is 0.410 e. The monoisotopic (exact) mass is 388 g/mol. The van der Waals surface area contributed by atoms with Gasteiger partial charge in [-0.2, -0.15) is 0 Å². The standard InChI is InChI=1S/C21H28N2O5/c1-20(2,3)28-19(26)23-12-8-11-16(23)17(24)22-21(18(25)27-4)13-15(21)14-9-6-5-7-10-14/h5-7,9-10,15-16H,8,11-13H2,1-4H3,(H,22,24)/t15-,16-,21-/m0/s1. The smallest absolute Gasteiger partial charge is 0.410 e. The summed E-state index contributed by atoms with van der Waals surface area (Å²) < 4.78 is 10.4. The minimum absolute atomic E-state index is 0.138. The van der Waals surface area contributed by atoms with Gasteiger partial charge in [0, 0.05) is 12.5 Å². The molecule has 2 aliphatic rings. The van der Waals surface area contributed by atoms with Gasteiger partial charge in [-0.05, 0) is 45.6 Å². The Hall–Kier alpha value is -2.57. The molecule has 1 heterocycles. The van der Waals surface area contributed by atoms with E-state index in [2.05, 4.69) is 5.32 Å². The molecule has 1 saturated carbocycles. The SMILES string of the molecule is COC(=O)[C@]1(NC(=O)[C@@H]2CCCN2C(=O)OC(C)(C)C)C[C@H]1c1ccccc1. The summed E-state index contributed by atoms with van der Waals surface area (Å²) in [4.78, 5) is 39.4. The van der Waals surface area contributed by atoms with Crippen LogP contribution >= 0.6 is 0 Å². The number of benzene rings is 1. The number of amides is 2. The zero-order valence-corrected chi connectivity index (χ0v) is 16.9. The molecule has 2 amide bonds. The van der Waals surface area contributed by atoms with E-state index < -0.39 is 29.2 Å². The molecule has 152 valence electrons. The summed E-state index contributed by atoms with van der Waals surface area (Å²) in [6.07, 6.45) is 1.23. The molecule has 1 N–H and O–H groups in total. The van der Waals surface area contributed by atoms with Crippen molar-refractivity contribution >= 4 is 18.0 Å². The number of likely N-dealkylation sites (tertiary alicyclic amines) is 1. The van der Waals surface area contributed by atoms with Crippen LogP contribution in [-0.2, 0) is 19.1 Å². The van der Waals surface area contributed by atoms with Gasteiger partial charge in [0.2, 0.25) is 5.91 Å². The molecule has 3 atom stereocenters. The number of methoxy groups -OCH3 is 1. The summed E-state index contributed by atoms with van der Waals surface area (Å²) in [5.41, 5.74) is -0.735. The van der Waals surface area contributed by atoms with Crippen LogP contribution in [0.3, 0.4) is 0 Å². The molecule has 3 rings (SSSR count). The Kier molecular flexibility index (Phi) is 5.37. The van der Waals surface area contributed by atoms with Crippen LogP contribution < -0.4 is 5.32 Å². The minimum atomic E-state index is -1.07. The van der Waals surface area contributed by atoms with Gasteiger partial charge in [0.05, 0.1) is 7.11 Å². The van der Waals surface area contributed by atoms with Gasteiger partial charge in [-0.3, -0.25) is 9.69 Å². The molecule has 2 fully saturated rings. The highest BCUT2D eigenvalue weighted by atomic mass is 16.6. The molecular formula is C21H28N2O5. The first kappa shape index (κ1) is 20.2. The Morgan fingerprint density at radius 1 is 1.18 bits per heavy atom. The summed E-state index contributed by atoms with van der Waals surface area (Å²) in [7, 11) is 1.32. The molecule has 1 aromatic carbocycles. The minimum Gasteiger partial charge on any atom is -0.467 e. The molecule has 0 radical (unpaired) electrons. The van der Waals surface area contributed by atoms with E-state index in [0.29, 0.717) is 25.8 Å². The number of nitrogens with zero attached hydrogens (tertiary/aromatic N) is 1. The second-order valence-corrected chi connectivity index (χ2v) is 8.45. The Labute approximate surface area is 165 Å². The maximum absolute atomic E-state index is 13.0. The number of carbonyl (C=O) groups is 3. The number of hydrogen-bond acceptors (Lipinski definition) is 5. The highest BCUT2D eigenvalue weighted by Crippen LogP contribution is 2.52. The van der Waals surface area contributed by atoms with Gasteiger partial charge >= 0.3 is 12.1 Å². The van der Waals surface area contributed by atoms with Gasteiger partial charge in [0.15, 0.2) is 0 Å². The third-order valence-corrected chi connectivity index (χ3v) is 5.24. The Bertz CT molecular complexity index is 758. The van der Waals surface area contributed by atoms with Crippen molar-refractivity contribution < 1.29 is 23.9 Å². The molecule has 28 heavy (non-hydrogen) atoms. The van der Waals surface area contributed by atoms with E-state index >= 15 is 0 Å². The fourth-order valence-corrected chi connectivity index (χ4v) is 3.83. The summed E-state index contributed by atoms with van der Waals surface area (Å²) in [6.45, 7) is 5.82. The van der Waals surface area contributed by atoms with E-state index in [4.69, 9.17) is 9.47 Å². The quantitative estimate of drug-likeness (QED) is 0.802. The number of nitrogens with one attached hydrogen (secondary N) is 1. The van der Waals surface area contributed by atoms with Crippen molar-refractivity contribution in [3.8, 4) is 0 Å². The van der Waals surface area contributed by atoms with Crippen molar-refractivity contribution in [1.82, 2.24) is 10.2 Å². The highest BCUT2D eigenvalue weighted by molar-refractivity contribution is 5.95. The van der Waals surface area contributed by atoms with E-state index in [1.807, 2.05) is 30.3 Å². The fraction of sp³-hybridized carbons (Fsp3) is 0.571. The number of hydrogen-bond donors (Lipinski definition) is 1. The lowest BCUT2D eigenvalue weighted by Gasteiger charge is -2.29. The lowest BCUT2D eigenvalue weighted by atomic mass is 10.1. The van der Waals surface area contributed by atoms with Crippen LogP contribution in [0.4, 0.5) is 4.79 Å². The first-order chi connectivity index (χ1) is 13.2. The number of rotatable bonds is 4. The molecule has 7 heteroatoms. The lowest BCUT2D eigenvalue weighted by Crippen LogP contribution is -2.53. The van der Waals surface area contributed by atoms with Gasteiger partial charge in [0.25, 0.3) is 0 Å². The van der Waals surface area contributed by atoms with Crippen LogP contribution in [-0.4, -0.2) is 53.7 Å². The zero-order chi connectivity index (χ0) is 20.5. The molecule has 0 spiro atoms. The lowest BCUT2D eigenvalue weighted by molar-refractivity contribution is -0.147. The predicted molar refractivity (Wildman–Crippen MR) is 103 cm³/mol. The van der Waals surface area contributed by atoms with E-state index in [9.17, 15) is 14.4 Å². The van der Waals surface area contributed by atoms with Crippen LogP contribution in [0.5, 0.6) is 0 Å². The summed E-state index contributed by atoms with van der Waals surface area (Å²) in [5.74, 6) is -0.940. The molecule has 0 aromatic heterocycles. The van der Waals surface area contributed by atoms with Crippen LogP contribution in [0, 0.1) is 0 Å². The Balaban J connectivity index is 1.74. The first-order valence-corrected chi connectivity index (χ1v) is 9.63. The first-order valence-electron chi connectivity index (χ1n) is 9.63. The third kappa shape index (κ3) is 3.98. The van der Waals surface area contributed by atoms with E-state index in [-0.39, 0.29) is 11.8 Å².